The maximum absolute atomic E-state index is 14.4. The quantitative estimate of drug-likeness (QED) is 0.860. The van der Waals surface area contributed by atoms with Crippen molar-refractivity contribution in [2.24, 2.45) is 0 Å². The van der Waals surface area contributed by atoms with Crippen molar-refractivity contribution in [1.29, 1.82) is 5.26 Å². The van der Waals surface area contributed by atoms with Gasteiger partial charge in [-0.25, -0.2) is 9.37 Å². The molecule has 0 spiro atoms. The van der Waals surface area contributed by atoms with E-state index in [1.807, 2.05) is 6.07 Å². The molecule has 8 heteroatoms. The van der Waals surface area contributed by atoms with E-state index < -0.39 is 11.7 Å². The molecule has 0 aliphatic carbocycles. The molecule has 6 nitrogen and oxygen atoms in total. The van der Waals surface area contributed by atoms with Crippen molar-refractivity contribution >= 4 is 24.0 Å². The van der Waals surface area contributed by atoms with Gasteiger partial charge >= 0.3 is 0 Å². The molecule has 2 N–H and O–H groups in total. The molecule has 1 atom stereocenters. The van der Waals surface area contributed by atoms with Crippen LogP contribution in [-0.4, -0.2) is 30.6 Å². The molecule has 3 rings (SSSR count). The van der Waals surface area contributed by atoms with E-state index in [2.05, 4.69) is 15.6 Å². The second kappa shape index (κ2) is 8.72. The molecule has 26 heavy (non-hydrogen) atoms. The van der Waals surface area contributed by atoms with Crippen molar-refractivity contribution in [1.82, 2.24) is 10.3 Å². The van der Waals surface area contributed by atoms with Crippen LogP contribution in [0.5, 0.6) is 0 Å². The van der Waals surface area contributed by atoms with E-state index in [9.17, 15) is 9.18 Å². The highest BCUT2D eigenvalue weighted by atomic mass is 35.5. The maximum atomic E-state index is 14.4. The molecular formula is C18H18ClFN4O2. The Kier molecular flexibility index (Phi) is 6.64. The number of halogens is 2. The van der Waals surface area contributed by atoms with Gasteiger partial charge in [-0.3, -0.25) is 4.79 Å². The number of carbonyl (C=O) groups is 1. The molecule has 1 amide bonds. The summed E-state index contributed by atoms with van der Waals surface area (Å²) in [7, 11) is 0. The van der Waals surface area contributed by atoms with Gasteiger partial charge < -0.3 is 15.4 Å². The van der Waals surface area contributed by atoms with Gasteiger partial charge in [-0.15, -0.1) is 12.4 Å². The van der Waals surface area contributed by atoms with E-state index in [1.54, 1.807) is 25.1 Å². The first-order valence-corrected chi connectivity index (χ1v) is 7.89. The highest BCUT2D eigenvalue weighted by molar-refractivity contribution is 6.04. The largest absolute Gasteiger partial charge is 0.371 e. The number of nitriles is 1. The Morgan fingerprint density at radius 2 is 2.23 bits per heavy atom. The van der Waals surface area contributed by atoms with Gasteiger partial charge in [0, 0.05) is 35.6 Å². The van der Waals surface area contributed by atoms with Gasteiger partial charge in [0.1, 0.15) is 17.6 Å². The highest BCUT2D eigenvalue weighted by Gasteiger charge is 2.20. The third-order valence-electron chi connectivity index (χ3n) is 3.86. The van der Waals surface area contributed by atoms with Crippen LogP contribution in [0.4, 0.5) is 10.1 Å². The minimum absolute atomic E-state index is 0. The number of aromatic nitrogens is 1. The molecule has 0 bridgehead atoms. The van der Waals surface area contributed by atoms with Crippen molar-refractivity contribution in [2.75, 3.05) is 25.0 Å². The third kappa shape index (κ3) is 4.55. The van der Waals surface area contributed by atoms with Crippen LogP contribution in [0.25, 0.3) is 0 Å². The third-order valence-corrected chi connectivity index (χ3v) is 3.86. The lowest BCUT2D eigenvalue weighted by molar-refractivity contribution is 0.0255. The van der Waals surface area contributed by atoms with Crippen molar-refractivity contribution in [3.05, 3.63) is 58.7 Å². The standard InChI is InChI=1S/C18H17FN4O2.ClH/c1-11-6-12(7-14(9-20)22-11)18(24)23-13-2-3-15(16(19)8-13)17-10-21-4-5-25-17;/h2-3,6-8,17,21H,4-5,10H2,1H3,(H,23,24);1H. The molecule has 1 aromatic carbocycles. The van der Waals surface area contributed by atoms with Crippen molar-refractivity contribution in [3.8, 4) is 6.07 Å². The summed E-state index contributed by atoms with van der Waals surface area (Å²) >= 11 is 0. The Hall–Kier alpha value is -2.53. The number of rotatable bonds is 3. The van der Waals surface area contributed by atoms with Crippen LogP contribution < -0.4 is 10.6 Å². The van der Waals surface area contributed by atoms with E-state index in [0.717, 1.165) is 6.54 Å². The van der Waals surface area contributed by atoms with E-state index in [1.165, 1.54) is 12.1 Å². The van der Waals surface area contributed by atoms with Gasteiger partial charge in [-0.1, -0.05) is 6.07 Å². The van der Waals surface area contributed by atoms with Crippen molar-refractivity contribution in [3.63, 3.8) is 0 Å². The number of ether oxygens (including phenoxy) is 1. The molecule has 1 fully saturated rings. The Bertz CT molecular complexity index is 848. The molecular weight excluding hydrogens is 359 g/mol. The Balaban J connectivity index is 0.00000243. The SMILES string of the molecule is Cc1cc(C(=O)Nc2ccc(C3CNCCO3)c(F)c2)cc(C#N)n1.Cl. The van der Waals surface area contributed by atoms with Crippen LogP contribution >= 0.6 is 12.4 Å². The van der Waals surface area contributed by atoms with Gasteiger partial charge in [0.25, 0.3) is 5.91 Å². The van der Waals surface area contributed by atoms with E-state index in [0.29, 0.717) is 35.7 Å². The minimum atomic E-state index is -0.435. The predicted octanol–water partition coefficient (Wildman–Crippen LogP) is 2.74. The summed E-state index contributed by atoms with van der Waals surface area (Å²) in [5.41, 5.74) is 1.81. The Morgan fingerprint density at radius 3 is 2.88 bits per heavy atom. The Labute approximate surface area is 156 Å². The topological polar surface area (TPSA) is 87.0 Å². The van der Waals surface area contributed by atoms with E-state index >= 15 is 0 Å². The van der Waals surface area contributed by atoms with Gasteiger partial charge in [-0.05, 0) is 31.2 Å². The number of pyridine rings is 1. The number of amides is 1. The summed E-state index contributed by atoms with van der Waals surface area (Å²) in [6.45, 7) is 3.54. The van der Waals surface area contributed by atoms with Crippen LogP contribution in [-0.2, 0) is 4.74 Å². The van der Waals surface area contributed by atoms with Crippen LogP contribution in [0.1, 0.15) is 33.4 Å². The fraction of sp³-hybridized carbons (Fsp3) is 0.278. The average Bonchev–Trinajstić information content (AvgIpc) is 2.62. The number of anilines is 1. The summed E-state index contributed by atoms with van der Waals surface area (Å²) in [5.74, 6) is -0.861. The molecule has 0 radical (unpaired) electrons. The smallest absolute Gasteiger partial charge is 0.255 e. The normalized spacial score (nSPS) is 16.3. The molecule has 1 unspecified atom stereocenters. The van der Waals surface area contributed by atoms with Crippen LogP contribution in [0, 0.1) is 24.1 Å². The van der Waals surface area contributed by atoms with Crippen LogP contribution in [0.3, 0.4) is 0 Å². The van der Waals surface area contributed by atoms with Gasteiger partial charge in [0.15, 0.2) is 0 Å². The average molecular weight is 377 g/mol. The monoisotopic (exact) mass is 376 g/mol. The summed E-state index contributed by atoms with van der Waals surface area (Å²) in [5, 5.41) is 14.7. The maximum Gasteiger partial charge on any atom is 0.255 e. The molecule has 1 saturated heterocycles. The van der Waals surface area contributed by atoms with E-state index in [4.69, 9.17) is 10.00 Å². The second-order valence-electron chi connectivity index (χ2n) is 5.75. The van der Waals surface area contributed by atoms with Crippen molar-refractivity contribution < 1.29 is 13.9 Å². The number of benzene rings is 1. The first-order chi connectivity index (χ1) is 12.1. The van der Waals surface area contributed by atoms with Crippen molar-refractivity contribution in [2.45, 2.75) is 13.0 Å². The highest BCUT2D eigenvalue weighted by Crippen LogP contribution is 2.24. The van der Waals surface area contributed by atoms with Gasteiger partial charge in [0.05, 0.1) is 12.7 Å². The lowest BCUT2D eigenvalue weighted by Gasteiger charge is -2.24. The number of carbonyl (C=O) groups excluding carboxylic acids is 1. The molecule has 1 aliphatic rings. The predicted molar refractivity (Wildman–Crippen MR) is 96.9 cm³/mol. The summed E-state index contributed by atoms with van der Waals surface area (Å²) < 4.78 is 19.9. The summed E-state index contributed by atoms with van der Waals surface area (Å²) in [6.07, 6.45) is -0.334. The minimum Gasteiger partial charge on any atom is -0.371 e. The molecule has 1 aliphatic heterocycles. The first-order valence-electron chi connectivity index (χ1n) is 7.89. The Morgan fingerprint density at radius 1 is 1.42 bits per heavy atom. The first kappa shape index (κ1) is 19.8. The van der Waals surface area contributed by atoms with Crippen LogP contribution in [0.15, 0.2) is 30.3 Å². The van der Waals surface area contributed by atoms with E-state index in [-0.39, 0.29) is 24.2 Å². The second-order valence-corrected chi connectivity index (χ2v) is 5.75. The lowest BCUT2D eigenvalue weighted by atomic mass is 10.1. The van der Waals surface area contributed by atoms with Gasteiger partial charge in [-0.2, -0.15) is 5.26 Å². The fourth-order valence-electron chi connectivity index (χ4n) is 2.69. The zero-order valence-corrected chi connectivity index (χ0v) is 14.9. The number of aryl methyl sites for hydroxylation is 1. The van der Waals surface area contributed by atoms with Crippen LogP contribution in [0.2, 0.25) is 0 Å². The zero-order chi connectivity index (χ0) is 17.8. The van der Waals surface area contributed by atoms with Gasteiger partial charge in [0.2, 0.25) is 0 Å². The molecule has 2 heterocycles. The number of morpholine rings is 1. The molecule has 136 valence electrons. The lowest BCUT2D eigenvalue weighted by Crippen LogP contribution is -2.33. The summed E-state index contributed by atoms with van der Waals surface area (Å²) in [4.78, 5) is 16.3. The number of nitrogens with zero attached hydrogens (tertiary/aromatic N) is 2. The number of nitrogens with one attached hydrogen (secondary N) is 2. The molecule has 1 aromatic heterocycles. The molecule has 2 aromatic rings. The number of hydrogen-bond donors (Lipinski definition) is 2. The number of hydrogen-bond acceptors (Lipinski definition) is 5. The summed E-state index contributed by atoms with van der Waals surface area (Å²) in [6, 6.07) is 9.39. The zero-order valence-electron chi connectivity index (χ0n) is 14.1. The fourth-order valence-corrected chi connectivity index (χ4v) is 2.69. The molecule has 0 saturated carbocycles.